The first-order chi connectivity index (χ1) is 9.35. The van der Waals surface area contributed by atoms with E-state index in [9.17, 15) is 18.0 Å². The number of rotatable bonds is 5. The maximum absolute atomic E-state index is 11.9. The Hall–Kier alpha value is -2.18. The normalized spacial score (nSPS) is 11.4. The summed E-state index contributed by atoms with van der Waals surface area (Å²) >= 11 is 0. The van der Waals surface area contributed by atoms with Crippen molar-refractivity contribution in [1.29, 1.82) is 0 Å². The third-order valence-corrected chi connectivity index (χ3v) is 2.32. The van der Waals surface area contributed by atoms with Crippen LogP contribution in [0.25, 0.3) is 6.08 Å². The Morgan fingerprint density at radius 2 is 2.00 bits per heavy atom. The van der Waals surface area contributed by atoms with Gasteiger partial charge < -0.3 is 14.8 Å². The zero-order chi connectivity index (χ0) is 15.2. The van der Waals surface area contributed by atoms with Gasteiger partial charge in [0.25, 0.3) is 0 Å². The van der Waals surface area contributed by atoms with Gasteiger partial charge in [0.05, 0.1) is 14.2 Å². The van der Waals surface area contributed by atoms with E-state index in [1.807, 2.05) is 0 Å². The van der Waals surface area contributed by atoms with Crippen LogP contribution in [0.1, 0.15) is 5.56 Å². The van der Waals surface area contributed by atoms with Gasteiger partial charge in [0.2, 0.25) is 5.91 Å². The monoisotopic (exact) mass is 289 g/mol. The van der Waals surface area contributed by atoms with Crippen molar-refractivity contribution in [2.75, 3.05) is 20.8 Å². The minimum Gasteiger partial charge on any atom is -0.497 e. The fraction of sp³-hybridized carbons (Fsp3) is 0.308. The summed E-state index contributed by atoms with van der Waals surface area (Å²) in [5, 5.41) is 1.74. The Bertz CT molecular complexity index is 498. The van der Waals surface area contributed by atoms with Gasteiger partial charge in [0, 0.05) is 17.7 Å². The number of carbonyl (C=O) groups excluding carboxylic acids is 1. The molecule has 0 aromatic heterocycles. The van der Waals surface area contributed by atoms with Gasteiger partial charge in [0.15, 0.2) is 0 Å². The number of benzene rings is 1. The predicted molar refractivity (Wildman–Crippen MR) is 67.6 cm³/mol. The second-order valence-corrected chi connectivity index (χ2v) is 3.77. The second kappa shape index (κ2) is 6.83. The van der Waals surface area contributed by atoms with Crippen LogP contribution in [0.15, 0.2) is 24.3 Å². The number of ether oxygens (including phenoxy) is 2. The number of halogens is 3. The standard InChI is InChI=1S/C13H14F3NO3/c1-19-10-5-3-9(11(7-10)20-2)4-6-12(18)17-8-13(14,15)16/h3-7H,8H2,1-2H3,(H,17,18)/b6-4+. The first-order valence-corrected chi connectivity index (χ1v) is 5.60. The molecule has 4 nitrogen and oxygen atoms in total. The van der Waals surface area contributed by atoms with Crippen LogP contribution in [0.2, 0.25) is 0 Å². The molecule has 1 aromatic rings. The molecule has 1 aromatic carbocycles. The summed E-state index contributed by atoms with van der Waals surface area (Å²) in [5.41, 5.74) is 0.551. The van der Waals surface area contributed by atoms with E-state index in [-0.39, 0.29) is 0 Å². The average Bonchev–Trinajstić information content (AvgIpc) is 2.41. The third kappa shape index (κ3) is 5.21. The zero-order valence-corrected chi connectivity index (χ0v) is 11.0. The largest absolute Gasteiger partial charge is 0.497 e. The van der Waals surface area contributed by atoms with Crippen LogP contribution in [0.3, 0.4) is 0 Å². The first kappa shape index (κ1) is 15.9. The van der Waals surface area contributed by atoms with Crippen LogP contribution in [0.4, 0.5) is 13.2 Å². The molecule has 110 valence electrons. The molecule has 0 heterocycles. The molecule has 0 fully saturated rings. The molecule has 0 spiro atoms. The smallest absolute Gasteiger partial charge is 0.405 e. The van der Waals surface area contributed by atoms with E-state index in [2.05, 4.69) is 0 Å². The summed E-state index contributed by atoms with van der Waals surface area (Å²) in [6.07, 6.45) is -2.05. The molecular weight excluding hydrogens is 275 g/mol. The summed E-state index contributed by atoms with van der Waals surface area (Å²) in [6, 6.07) is 4.88. The van der Waals surface area contributed by atoms with Crippen LogP contribution in [0, 0.1) is 0 Å². The molecule has 1 amide bonds. The highest BCUT2D eigenvalue weighted by Crippen LogP contribution is 2.25. The molecule has 20 heavy (non-hydrogen) atoms. The molecule has 0 atom stereocenters. The topological polar surface area (TPSA) is 47.6 Å². The van der Waals surface area contributed by atoms with Gasteiger partial charge in [-0.05, 0) is 18.2 Å². The van der Waals surface area contributed by atoms with Crippen molar-refractivity contribution in [3.8, 4) is 11.5 Å². The Kier molecular flexibility index (Phi) is 5.42. The van der Waals surface area contributed by atoms with E-state index in [0.717, 1.165) is 6.08 Å². The quantitative estimate of drug-likeness (QED) is 0.847. The number of hydrogen-bond acceptors (Lipinski definition) is 3. The van der Waals surface area contributed by atoms with Gasteiger partial charge in [-0.3, -0.25) is 4.79 Å². The van der Waals surface area contributed by atoms with E-state index in [0.29, 0.717) is 17.1 Å². The van der Waals surface area contributed by atoms with Crippen molar-refractivity contribution in [2.45, 2.75) is 6.18 Å². The van der Waals surface area contributed by atoms with E-state index < -0.39 is 18.6 Å². The number of methoxy groups -OCH3 is 2. The minimum atomic E-state index is -4.43. The highest BCUT2D eigenvalue weighted by molar-refractivity contribution is 5.92. The Morgan fingerprint density at radius 3 is 2.55 bits per heavy atom. The Labute approximate surface area is 114 Å². The van der Waals surface area contributed by atoms with Crippen LogP contribution in [-0.2, 0) is 4.79 Å². The zero-order valence-electron chi connectivity index (χ0n) is 11.0. The van der Waals surface area contributed by atoms with E-state index in [1.165, 1.54) is 20.3 Å². The van der Waals surface area contributed by atoms with Gasteiger partial charge in [-0.25, -0.2) is 0 Å². The minimum absolute atomic E-state index is 0.448. The van der Waals surface area contributed by atoms with E-state index in [4.69, 9.17) is 9.47 Å². The molecule has 1 N–H and O–H groups in total. The summed E-state index contributed by atoms with van der Waals surface area (Å²) < 4.78 is 45.8. The highest BCUT2D eigenvalue weighted by Gasteiger charge is 2.27. The van der Waals surface area contributed by atoms with Crippen LogP contribution >= 0.6 is 0 Å². The molecule has 0 unspecified atom stereocenters. The number of hydrogen-bond donors (Lipinski definition) is 1. The molecule has 0 bridgehead atoms. The molecule has 0 radical (unpaired) electrons. The second-order valence-electron chi connectivity index (χ2n) is 3.77. The number of alkyl halides is 3. The predicted octanol–water partition coefficient (Wildman–Crippen LogP) is 2.40. The van der Waals surface area contributed by atoms with Gasteiger partial charge >= 0.3 is 6.18 Å². The lowest BCUT2D eigenvalue weighted by Gasteiger charge is -2.08. The Balaban J connectivity index is 2.72. The van der Waals surface area contributed by atoms with Gasteiger partial charge in [-0.15, -0.1) is 0 Å². The SMILES string of the molecule is COc1ccc(/C=C/C(=O)NCC(F)(F)F)c(OC)c1. The van der Waals surface area contributed by atoms with Crippen molar-refractivity contribution in [2.24, 2.45) is 0 Å². The van der Waals surface area contributed by atoms with Gasteiger partial charge in [-0.1, -0.05) is 0 Å². The maximum atomic E-state index is 11.9. The summed E-state index contributed by atoms with van der Waals surface area (Å²) in [7, 11) is 2.94. The van der Waals surface area contributed by atoms with Crippen molar-refractivity contribution < 1.29 is 27.4 Å². The first-order valence-electron chi connectivity index (χ1n) is 5.60. The lowest BCUT2D eigenvalue weighted by molar-refractivity contribution is -0.135. The third-order valence-electron chi connectivity index (χ3n) is 2.32. The summed E-state index contributed by atoms with van der Waals surface area (Å²) in [4.78, 5) is 11.2. The fourth-order valence-corrected chi connectivity index (χ4v) is 1.37. The lowest BCUT2D eigenvalue weighted by Crippen LogP contribution is -2.32. The molecule has 0 saturated carbocycles. The van der Waals surface area contributed by atoms with Crippen molar-refractivity contribution in [1.82, 2.24) is 5.32 Å². The van der Waals surface area contributed by atoms with E-state index in [1.54, 1.807) is 23.5 Å². The van der Waals surface area contributed by atoms with Crippen molar-refractivity contribution in [3.05, 3.63) is 29.8 Å². The Morgan fingerprint density at radius 1 is 1.30 bits per heavy atom. The number of amides is 1. The molecule has 0 aliphatic heterocycles. The van der Waals surface area contributed by atoms with Crippen molar-refractivity contribution in [3.63, 3.8) is 0 Å². The van der Waals surface area contributed by atoms with Crippen LogP contribution in [0.5, 0.6) is 11.5 Å². The molecule has 1 rings (SSSR count). The number of carbonyl (C=O) groups is 1. The van der Waals surface area contributed by atoms with Crippen LogP contribution in [-0.4, -0.2) is 32.8 Å². The molecule has 7 heteroatoms. The molecule has 0 aliphatic carbocycles. The molecule has 0 aliphatic rings. The maximum Gasteiger partial charge on any atom is 0.405 e. The van der Waals surface area contributed by atoms with E-state index >= 15 is 0 Å². The lowest BCUT2D eigenvalue weighted by atomic mass is 10.1. The summed E-state index contributed by atoms with van der Waals surface area (Å²) in [6.45, 7) is -1.37. The average molecular weight is 289 g/mol. The van der Waals surface area contributed by atoms with Crippen LogP contribution < -0.4 is 14.8 Å². The summed E-state index contributed by atoms with van der Waals surface area (Å²) in [5.74, 6) is 0.185. The van der Waals surface area contributed by atoms with Crippen molar-refractivity contribution >= 4 is 12.0 Å². The van der Waals surface area contributed by atoms with Gasteiger partial charge in [-0.2, -0.15) is 13.2 Å². The molecule has 0 saturated heterocycles. The fourth-order valence-electron chi connectivity index (χ4n) is 1.37. The highest BCUT2D eigenvalue weighted by atomic mass is 19.4. The van der Waals surface area contributed by atoms with Gasteiger partial charge in [0.1, 0.15) is 18.0 Å². The number of nitrogens with one attached hydrogen (secondary N) is 1. The molecular formula is C13H14F3NO3.